The van der Waals surface area contributed by atoms with Gasteiger partial charge in [0, 0.05) is 12.8 Å². The van der Waals surface area contributed by atoms with Crippen LogP contribution in [0.2, 0.25) is 0 Å². The first-order chi connectivity index (χ1) is 32.0. The van der Waals surface area contributed by atoms with E-state index in [0.717, 1.165) is 77.2 Å². The van der Waals surface area contributed by atoms with Crippen molar-refractivity contribution in [1.82, 2.24) is 0 Å². The minimum atomic E-state index is -5.79. The van der Waals surface area contributed by atoms with Gasteiger partial charge in [-0.05, 0) is 25.8 Å². The van der Waals surface area contributed by atoms with Crippen LogP contribution in [-0.2, 0) is 59.9 Å². The Hall–Kier alpha value is -0.740. The monoisotopic (exact) mass is 1070 g/mol. The summed E-state index contributed by atoms with van der Waals surface area (Å²) in [6, 6.07) is 0. The van der Waals surface area contributed by atoms with Gasteiger partial charge in [-0.15, -0.1) is 0 Å². The van der Waals surface area contributed by atoms with Gasteiger partial charge in [-0.3, -0.25) is 32.2 Å². The average molecular weight is 1070 g/mol. The summed E-state index contributed by atoms with van der Waals surface area (Å²) in [4.78, 5) is 92.8. The van der Waals surface area contributed by atoms with Crippen LogP contribution in [0.15, 0.2) is 0 Å². The van der Waals surface area contributed by atoms with Crippen molar-refractivity contribution in [2.75, 3.05) is 19.8 Å². The molecule has 8 atom stereocenters. The van der Waals surface area contributed by atoms with Gasteiger partial charge in [0.05, 0.1) is 6.61 Å². The predicted octanol–water partition coefficient (Wildman–Crippen LogP) is 7.01. The molecule has 0 spiro atoms. The standard InChI is InChI=1S/C41H83NO22P4/c1-2-3-4-5-6-7-8-10-14-17-20-23-26-29-35(44)60-33(31-58-34(43)28-25-22-19-16-13-11-9-12-15-18-21-24-27-30-42)32-59-68(56,57)64-38-36(45)39(61-65(47,48)49)41(63-67(53,54)55)40(37(38)46)62-66(50,51)52/h33,36-41,45-46H,2-32,42H2,1H3,(H,56,57)(H2,47,48,49)(H2,50,51,52)(H2,53,54,55)/t33-,36-,37?,38?,39-,40+,41?/m1/s1. The van der Waals surface area contributed by atoms with E-state index in [2.05, 4.69) is 20.5 Å². The molecule has 0 heterocycles. The van der Waals surface area contributed by atoms with Crippen LogP contribution >= 0.6 is 31.3 Å². The largest absolute Gasteiger partial charge is 0.472 e. The highest BCUT2D eigenvalue weighted by molar-refractivity contribution is 7.47. The van der Waals surface area contributed by atoms with Crippen LogP contribution in [0.5, 0.6) is 0 Å². The highest BCUT2D eigenvalue weighted by atomic mass is 31.2. The second-order valence-electron chi connectivity index (χ2n) is 17.4. The normalized spacial score (nSPS) is 21.6. The Kier molecular flexibility index (Phi) is 34.8. The summed E-state index contributed by atoms with van der Waals surface area (Å²) >= 11 is 0. The number of phosphoric ester groups is 4. The SMILES string of the molecule is CCCCCCCCCCCCCCCC(=O)O[C@H](COC(=O)CCCCCCCCCCCCCCCN)COP(=O)(O)OC1C(O)[C@H](OP(=O)(O)O)C(OP(=O)(O)O)[C@H](OP(=O)(O)O)[C@@H]1O. The Morgan fingerprint density at radius 2 is 0.794 bits per heavy atom. The van der Waals surface area contributed by atoms with Crippen molar-refractivity contribution in [1.29, 1.82) is 0 Å². The molecule has 0 aromatic heterocycles. The minimum absolute atomic E-state index is 0.0339. The Morgan fingerprint density at radius 1 is 0.456 bits per heavy atom. The number of rotatable bonds is 43. The van der Waals surface area contributed by atoms with E-state index in [9.17, 15) is 72.3 Å². The number of phosphoric acid groups is 4. The van der Waals surface area contributed by atoms with Crippen LogP contribution < -0.4 is 5.73 Å². The lowest BCUT2D eigenvalue weighted by Gasteiger charge is -2.45. The maximum Gasteiger partial charge on any atom is 0.472 e. The fraction of sp³-hybridized carbons (Fsp3) is 0.951. The molecule has 23 nitrogen and oxygen atoms in total. The van der Waals surface area contributed by atoms with Crippen molar-refractivity contribution in [3.8, 4) is 0 Å². The number of aliphatic hydroxyl groups excluding tert-OH is 2. The number of nitrogens with two attached hydrogens (primary N) is 1. The first-order valence-corrected chi connectivity index (χ1v) is 30.4. The lowest BCUT2D eigenvalue weighted by Crippen LogP contribution is -2.65. The molecule has 1 aliphatic rings. The fourth-order valence-corrected chi connectivity index (χ4v) is 10.4. The van der Waals surface area contributed by atoms with Gasteiger partial charge in [0.25, 0.3) is 0 Å². The van der Waals surface area contributed by atoms with Gasteiger partial charge >= 0.3 is 43.2 Å². The van der Waals surface area contributed by atoms with Crippen molar-refractivity contribution in [2.45, 2.75) is 229 Å². The number of hydrogen-bond donors (Lipinski definition) is 10. The molecule has 0 amide bonds. The van der Waals surface area contributed by atoms with E-state index in [1.54, 1.807) is 0 Å². The molecule has 68 heavy (non-hydrogen) atoms. The van der Waals surface area contributed by atoms with Gasteiger partial charge < -0.3 is 59.7 Å². The van der Waals surface area contributed by atoms with Gasteiger partial charge in [0.2, 0.25) is 0 Å². The van der Waals surface area contributed by atoms with Crippen molar-refractivity contribution < 1.29 is 104 Å². The highest BCUT2D eigenvalue weighted by Gasteiger charge is 2.59. The fourth-order valence-electron chi connectivity index (χ4n) is 7.74. The molecule has 1 saturated carbocycles. The maximum atomic E-state index is 13.3. The third-order valence-corrected chi connectivity index (χ3v) is 13.8. The summed E-state index contributed by atoms with van der Waals surface area (Å²) in [6.45, 7) is 1.28. The van der Waals surface area contributed by atoms with Crippen LogP contribution in [0, 0.1) is 0 Å². The van der Waals surface area contributed by atoms with Crippen molar-refractivity contribution >= 4 is 43.2 Å². The number of esters is 2. The molecule has 1 rings (SSSR count). The summed E-state index contributed by atoms with van der Waals surface area (Å²) in [5, 5.41) is 21.8. The Balaban J connectivity index is 2.89. The number of carbonyl (C=O) groups is 2. The second kappa shape index (κ2) is 36.2. The molecule has 27 heteroatoms. The Bertz CT molecular complexity index is 1510. The summed E-state index contributed by atoms with van der Waals surface area (Å²) in [5.41, 5.74) is 5.53. The van der Waals surface area contributed by atoms with Crippen LogP contribution in [-0.4, -0.2) is 119 Å². The molecule has 11 N–H and O–H groups in total. The molecule has 0 bridgehead atoms. The van der Waals surface area contributed by atoms with Crippen LogP contribution in [0.3, 0.4) is 0 Å². The van der Waals surface area contributed by atoms with Crippen molar-refractivity contribution in [2.24, 2.45) is 5.73 Å². The lowest BCUT2D eigenvalue weighted by molar-refractivity contribution is -0.209. The molecular weight excluding hydrogens is 982 g/mol. The molecule has 0 aromatic rings. The van der Waals surface area contributed by atoms with Gasteiger partial charge in [-0.1, -0.05) is 155 Å². The summed E-state index contributed by atoms with van der Waals surface area (Å²) < 4.78 is 82.1. The molecule has 404 valence electrons. The number of aliphatic hydroxyl groups is 2. The van der Waals surface area contributed by atoms with Crippen LogP contribution in [0.4, 0.5) is 0 Å². The zero-order valence-electron chi connectivity index (χ0n) is 39.7. The maximum absolute atomic E-state index is 13.3. The lowest BCUT2D eigenvalue weighted by atomic mass is 9.85. The summed E-state index contributed by atoms with van der Waals surface area (Å²) in [6.07, 6.45) is 9.79. The highest BCUT2D eigenvalue weighted by Crippen LogP contribution is 2.53. The summed E-state index contributed by atoms with van der Waals surface area (Å²) in [5.74, 6) is -1.40. The molecule has 0 saturated heterocycles. The van der Waals surface area contributed by atoms with E-state index in [4.69, 9.17) is 24.3 Å². The van der Waals surface area contributed by atoms with Gasteiger partial charge in [-0.25, -0.2) is 18.3 Å². The first kappa shape index (κ1) is 65.3. The predicted molar refractivity (Wildman–Crippen MR) is 248 cm³/mol. The second-order valence-corrected chi connectivity index (χ2v) is 22.4. The molecule has 4 unspecified atom stereocenters. The third-order valence-electron chi connectivity index (χ3n) is 11.2. The zero-order chi connectivity index (χ0) is 51.1. The molecule has 1 fully saturated rings. The number of unbranched alkanes of at least 4 members (excludes halogenated alkanes) is 24. The molecule has 0 radical (unpaired) electrons. The Labute approximate surface area is 401 Å². The van der Waals surface area contributed by atoms with Crippen molar-refractivity contribution in [3.05, 3.63) is 0 Å². The molecular formula is C41H83NO22P4. The minimum Gasteiger partial charge on any atom is -0.462 e. The number of hydrogen-bond acceptors (Lipinski definition) is 16. The van der Waals surface area contributed by atoms with E-state index in [-0.39, 0.29) is 12.8 Å². The smallest absolute Gasteiger partial charge is 0.462 e. The molecule has 1 aliphatic carbocycles. The molecule has 0 aliphatic heterocycles. The zero-order valence-corrected chi connectivity index (χ0v) is 43.2. The first-order valence-electron chi connectivity index (χ1n) is 24.3. The van der Waals surface area contributed by atoms with Crippen molar-refractivity contribution in [3.63, 3.8) is 0 Å². The van der Waals surface area contributed by atoms with E-state index in [1.807, 2.05) is 0 Å². The van der Waals surface area contributed by atoms with E-state index < -0.39 is 99.2 Å². The van der Waals surface area contributed by atoms with Gasteiger partial charge in [0.15, 0.2) is 6.10 Å². The summed E-state index contributed by atoms with van der Waals surface area (Å²) in [7, 11) is -23.0. The van der Waals surface area contributed by atoms with Crippen LogP contribution in [0.25, 0.3) is 0 Å². The quantitative estimate of drug-likeness (QED) is 0.0167. The van der Waals surface area contributed by atoms with Gasteiger partial charge in [0.1, 0.15) is 43.2 Å². The van der Waals surface area contributed by atoms with E-state index in [0.29, 0.717) is 12.8 Å². The molecule has 0 aromatic carbocycles. The average Bonchev–Trinajstić information content (AvgIpc) is 3.24. The third kappa shape index (κ3) is 33.8. The number of ether oxygens (including phenoxy) is 2. The van der Waals surface area contributed by atoms with Gasteiger partial charge in [-0.2, -0.15) is 0 Å². The van der Waals surface area contributed by atoms with E-state index in [1.165, 1.54) is 83.5 Å². The van der Waals surface area contributed by atoms with E-state index >= 15 is 0 Å². The van der Waals surface area contributed by atoms with Crippen LogP contribution in [0.1, 0.15) is 187 Å². The topological polar surface area (TPSA) is 375 Å². The number of carbonyl (C=O) groups excluding carboxylic acids is 2. The Morgan fingerprint density at radius 3 is 1.16 bits per heavy atom.